The molecule has 4 amide bonds. The number of amides is 4. The molecule has 2 atom stereocenters. The molecule has 6 N–H and O–H groups in total. The van der Waals surface area contributed by atoms with Crippen LogP contribution >= 0.6 is 0 Å². The van der Waals surface area contributed by atoms with Crippen LogP contribution in [0.1, 0.15) is 59.7 Å². The van der Waals surface area contributed by atoms with Gasteiger partial charge in [-0.15, -0.1) is 0 Å². The van der Waals surface area contributed by atoms with Crippen LogP contribution in [0.15, 0.2) is 96.0 Å². The standard InChI is InChI=1S/C43H36N4O7.C6H12N2O3.C5H10N2O2/c1-51-38-16-32-34(44-20-30-14-28-7-3-5-9-36(28)46(30)42(32)49)18-40(38)53-23-26-11-25(22-48)12-27(13-26)24-54-41-19-35-33(17-39(41)52-2)43(50)47-31(21-45-35)15-29-8-4-6-10-37(29)47;1-7-4-5(9)8-3-2-6(10)11;1-6-4-5(9)7-2-3-8/h3-13,16-20,22,30-31,45H,14-15,21,23-24H2,1-2H3;7H,2-4H2,1H3,(H,8,9)(H,10,11);3,6H,2,4H2,1H3,(H,7,9)/t30-,31?;;/m0../s1. The normalized spacial score (nSPS) is 15.2. The maximum atomic E-state index is 13.8. The number of rotatable bonds is 18. The Hall–Kier alpha value is -8.62. The Labute approximate surface area is 427 Å². The number of benzene rings is 5. The highest BCUT2D eigenvalue weighted by atomic mass is 16.5. The van der Waals surface area contributed by atoms with Crippen molar-refractivity contribution >= 4 is 71.1 Å². The van der Waals surface area contributed by atoms with E-state index < -0.39 is 5.97 Å². The van der Waals surface area contributed by atoms with Gasteiger partial charge in [-0.05, 0) is 85.2 Å². The summed E-state index contributed by atoms with van der Waals surface area (Å²) in [6.07, 6.45) is 4.69. The van der Waals surface area contributed by atoms with Crippen molar-refractivity contribution in [3.8, 4) is 23.0 Å². The summed E-state index contributed by atoms with van der Waals surface area (Å²) in [6.45, 7) is 1.59. The summed E-state index contributed by atoms with van der Waals surface area (Å²) in [5.41, 5.74) is 8.12. The second-order valence-electron chi connectivity index (χ2n) is 17.3. The van der Waals surface area contributed by atoms with Crippen molar-refractivity contribution < 1.29 is 57.6 Å². The van der Waals surface area contributed by atoms with Gasteiger partial charge < -0.3 is 60.3 Å². The molecule has 0 bridgehead atoms. The maximum Gasteiger partial charge on any atom is 0.305 e. The molecule has 4 heterocycles. The van der Waals surface area contributed by atoms with Crippen LogP contribution in [-0.2, 0) is 45.2 Å². The smallest absolute Gasteiger partial charge is 0.305 e. The average molecular weight is 1010 g/mol. The van der Waals surface area contributed by atoms with Gasteiger partial charge >= 0.3 is 5.97 Å². The number of ether oxygens (including phenoxy) is 4. The van der Waals surface area contributed by atoms with Crippen LogP contribution in [-0.4, -0.2) is 127 Å². The molecule has 4 aliphatic rings. The van der Waals surface area contributed by atoms with Gasteiger partial charge in [0.05, 0.1) is 74.9 Å². The summed E-state index contributed by atoms with van der Waals surface area (Å²) < 4.78 is 23.9. The van der Waals surface area contributed by atoms with Crippen molar-refractivity contribution in [3.05, 3.63) is 130 Å². The fourth-order valence-corrected chi connectivity index (χ4v) is 8.86. The topological polar surface area (TPSA) is 256 Å². The highest BCUT2D eigenvalue weighted by Crippen LogP contribution is 2.43. The molecule has 386 valence electrons. The van der Waals surface area contributed by atoms with Crippen molar-refractivity contribution in [2.75, 3.05) is 76.2 Å². The number of fused-ring (bicyclic) bond motifs is 8. The van der Waals surface area contributed by atoms with Crippen molar-refractivity contribution in [2.45, 2.75) is 44.6 Å². The summed E-state index contributed by atoms with van der Waals surface area (Å²) in [7, 11) is 6.39. The Morgan fingerprint density at radius 3 is 1.92 bits per heavy atom. The lowest BCUT2D eigenvalue weighted by atomic mass is 10.1. The number of nitrogens with one attached hydrogen (secondary N) is 5. The first kappa shape index (κ1) is 53.2. The Morgan fingerprint density at radius 2 is 1.31 bits per heavy atom. The number of hydrogen-bond acceptors (Lipinski definition) is 15. The largest absolute Gasteiger partial charge is 0.493 e. The number of carboxylic acids is 1. The highest BCUT2D eigenvalue weighted by Gasteiger charge is 2.39. The minimum Gasteiger partial charge on any atom is -0.493 e. The molecular formula is C54H58N8O12. The van der Waals surface area contributed by atoms with Gasteiger partial charge in [-0.1, -0.05) is 36.4 Å². The summed E-state index contributed by atoms with van der Waals surface area (Å²) in [4.78, 5) is 88.8. The molecule has 5 aromatic rings. The van der Waals surface area contributed by atoms with Crippen LogP contribution in [0.3, 0.4) is 0 Å². The number of methoxy groups -OCH3 is 2. The number of carbonyl (C=O) groups excluding carboxylic acids is 6. The average Bonchev–Trinajstić information content (AvgIpc) is 3.90. The molecule has 20 nitrogen and oxygen atoms in total. The van der Waals surface area contributed by atoms with Gasteiger partial charge in [-0.25, -0.2) is 0 Å². The van der Waals surface area contributed by atoms with E-state index >= 15 is 0 Å². The lowest BCUT2D eigenvalue weighted by molar-refractivity contribution is -0.137. The maximum absolute atomic E-state index is 13.8. The highest BCUT2D eigenvalue weighted by molar-refractivity contribution is 6.15. The minimum atomic E-state index is -0.908. The molecular weight excluding hydrogens is 953 g/mol. The molecule has 0 saturated carbocycles. The van der Waals surface area contributed by atoms with Gasteiger partial charge in [0.25, 0.3) is 11.8 Å². The number of carboxylic acid groups (broad SMARTS) is 1. The number of nitrogens with zero attached hydrogens (tertiary/aromatic N) is 3. The van der Waals surface area contributed by atoms with Gasteiger partial charge in [0, 0.05) is 54.8 Å². The van der Waals surface area contributed by atoms with Crippen LogP contribution in [0.5, 0.6) is 23.0 Å². The van der Waals surface area contributed by atoms with E-state index in [4.69, 9.17) is 29.0 Å². The van der Waals surface area contributed by atoms with Crippen molar-refractivity contribution in [1.29, 1.82) is 0 Å². The Balaban J connectivity index is 0.000000338. The number of aliphatic carboxylic acids is 1. The molecule has 4 aliphatic heterocycles. The van der Waals surface area contributed by atoms with Crippen LogP contribution < -0.4 is 55.3 Å². The van der Waals surface area contributed by atoms with Crippen LogP contribution in [0.25, 0.3) is 0 Å². The Bertz CT molecular complexity index is 2940. The molecule has 0 saturated heterocycles. The molecule has 0 aliphatic carbocycles. The first-order chi connectivity index (χ1) is 35.9. The lowest BCUT2D eigenvalue weighted by Crippen LogP contribution is -2.39. The molecule has 5 aromatic carbocycles. The SMILES string of the molecule is CNCC(=O)NCC=O.CNCC(=O)NCCC(=O)O.COc1cc2c(cc1OCc1cc(C=O)cc(COc3cc4c(cc3OC)C(=O)N3c5ccccc5CC3CN4)c1)N=C[C@@H]1Cc3ccccc3N1C2=O. The van der Waals surface area contributed by atoms with Gasteiger partial charge in [-0.2, -0.15) is 0 Å². The van der Waals surface area contributed by atoms with E-state index in [1.165, 1.54) is 7.11 Å². The van der Waals surface area contributed by atoms with E-state index in [0.29, 0.717) is 70.3 Å². The Kier molecular flexibility index (Phi) is 18.1. The third kappa shape index (κ3) is 12.7. The van der Waals surface area contributed by atoms with Crippen LogP contribution in [0.2, 0.25) is 0 Å². The number of para-hydroxylation sites is 2. The third-order valence-corrected chi connectivity index (χ3v) is 12.2. The fraction of sp³-hybridized carbons (Fsp3) is 0.296. The van der Waals surface area contributed by atoms with E-state index in [2.05, 4.69) is 32.7 Å². The van der Waals surface area contributed by atoms with Crippen molar-refractivity contribution in [3.63, 3.8) is 0 Å². The monoisotopic (exact) mass is 1010 g/mol. The zero-order valence-electron chi connectivity index (χ0n) is 41.4. The number of carbonyl (C=O) groups is 7. The zero-order valence-corrected chi connectivity index (χ0v) is 41.4. The molecule has 0 aromatic heterocycles. The number of hydrogen-bond donors (Lipinski definition) is 6. The quantitative estimate of drug-likeness (QED) is 0.0670. The predicted octanol–water partition coefficient (Wildman–Crippen LogP) is 4.28. The van der Waals surface area contributed by atoms with Crippen molar-refractivity contribution in [1.82, 2.24) is 21.3 Å². The second-order valence-corrected chi connectivity index (χ2v) is 17.3. The first-order valence-electron chi connectivity index (χ1n) is 23.8. The van der Waals surface area contributed by atoms with E-state index in [1.807, 2.05) is 59.6 Å². The number of likely N-dealkylation sites (N-methyl/N-ethyl adjacent to an activating group) is 2. The summed E-state index contributed by atoms with van der Waals surface area (Å²) >= 11 is 0. The fourth-order valence-electron chi connectivity index (χ4n) is 8.86. The summed E-state index contributed by atoms with van der Waals surface area (Å²) in [6, 6.07) is 28.1. The molecule has 0 radical (unpaired) electrons. The first-order valence-corrected chi connectivity index (χ1v) is 23.8. The molecule has 9 rings (SSSR count). The van der Waals surface area contributed by atoms with Gasteiger partial charge in [0.1, 0.15) is 25.8 Å². The van der Waals surface area contributed by atoms with Crippen molar-refractivity contribution in [2.24, 2.45) is 4.99 Å². The number of aliphatic imine (C=N–C) groups is 1. The molecule has 0 spiro atoms. The molecule has 0 fully saturated rings. The summed E-state index contributed by atoms with van der Waals surface area (Å²) in [5, 5.41) is 21.7. The zero-order chi connectivity index (χ0) is 52.7. The number of aldehydes is 2. The van der Waals surface area contributed by atoms with Gasteiger partial charge in [0.15, 0.2) is 23.0 Å². The number of anilines is 3. The second kappa shape index (κ2) is 25.2. The van der Waals surface area contributed by atoms with Gasteiger partial charge in [-0.3, -0.25) is 38.7 Å². The van der Waals surface area contributed by atoms with E-state index in [0.717, 1.165) is 46.3 Å². The lowest BCUT2D eigenvalue weighted by Gasteiger charge is -2.22. The predicted molar refractivity (Wildman–Crippen MR) is 277 cm³/mol. The van der Waals surface area contributed by atoms with E-state index in [-0.39, 0.29) is 81.5 Å². The summed E-state index contributed by atoms with van der Waals surface area (Å²) in [5.74, 6) is 0.198. The molecule has 20 heteroatoms. The Morgan fingerprint density at radius 1 is 0.730 bits per heavy atom. The van der Waals surface area contributed by atoms with Crippen LogP contribution in [0.4, 0.5) is 22.7 Å². The van der Waals surface area contributed by atoms with Gasteiger partial charge in [0.2, 0.25) is 11.8 Å². The molecule has 74 heavy (non-hydrogen) atoms. The third-order valence-electron chi connectivity index (χ3n) is 12.2. The van der Waals surface area contributed by atoms with E-state index in [1.54, 1.807) is 62.5 Å². The molecule has 1 unspecified atom stereocenters. The van der Waals surface area contributed by atoms with E-state index in [9.17, 15) is 33.6 Å². The minimum absolute atomic E-state index is 0.00115. The van der Waals surface area contributed by atoms with Crippen LogP contribution in [0, 0.1) is 0 Å².